The van der Waals surface area contributed by atoms with Crippen LogP contribution < -0.4 is 0 Å². The molecule has 0 radical (unpaired) electrons. The average molecular weight is 353 g/mol. The molecule has 0 N–H and O–H groups in total. The van der Waals surface area contributed by atoms with E-state index in [1.54, 1.807) is 0 Å². The van der Waals surface area contributed by atoms with Crippen molar-refractivity contribution in [2.45, 2.75) is 143 Å². The minimum Gasteiger partial charge on any atom is -0.300 e. The average Bonchev–Trinajstić information content (AvgIpc) is 2.62. The Balaban J connectivity index is 3.30. The minimum absolute atomic E-state index is 0.519. The summed E-state index contributed by atoms with van der Waals surface area (Å²) in [7, 11) is 0. The van der Waals surface area contributed by atoms with Crippen LogP contribution in [-0.4, -0.2) is 5.78 Å². The highest BCUT2D eigenvalue weighted by Crippen LogP contribution is 2.19. The molecule has 0 aliphatic carbocycles. The molecule has 0 aromatic rings. The van der Waals surface area contributed by atoms with E-state index in [2.05, 4.69) is 20.8 Å². The van der Waals surface area contributed by atoms with Crippen LogP contribution in [-0.2, 0) is 4.79 Å². The summed E-state index contributed by atoms with van der Waals surface area (Å²) < 4.78 is 0. The van der Waals surface area contributed by atoms with Crippen LogP contribution in [0.3, 0.4) is 0 Å². The predicted molar refractivity (Wildman–Crippen MR) is 113 cm³/mol. The van der Waals surface area contributed by atoms with E-state index < -0.39 is 0 Å². The Morgan fingerprint density at radius 3 is 1.48 bits per heavy atom. The van der Waals surface area contributed by atoms with Crippen LogP contribution in [0.15, 0.2) is 0 Å². The van der Waals surface area contributed by atoms with Crippen molar-refractivity contribution in [3.05, 3.63) is 0 Å². The normalized spacial score (nSPS) is 12.4. The van der Waals surface area contributed by atoms with Crippen molar-refractivity contribution in [3.63, 3.8) is 0 Å². The van der Waals surface area contributed by atoms with E-state index in [0.29, 0.717) is 11.7 Å². The zero-order chi connectivity index (χ0) is 18.6. The minimum atomic E-state index is 0.519. The van der Waals surface area contributed by atoms with Gasteiger partial charge in [0.05, 0.1) is 0 Å². The summed E-state index contributed by atoms with van der Waals surface area (Å²) in [4.78, 5) is 12.1. The number of hydrogen-bond donors (Lipinski definition) is 0. The standard InChI is InChI=1S/C24H48O/c1-4-7-9-10-11-12-13-14-15-16-17-18-19-21-24(25)22-23(6-3)20-8-5-2/h23H,4-22H2,1-3H3. The number of hydrogen-bond acceptors (Lipinski definition) is 1. The summed E-state index contributed by atoms with van der Waals surface area (Å²) in [6.45, 7) is 6.76. The van der Waals surface area contributed by atoms with Gasteiger partial charge in [-0.05, 0) is 12.3 Å². The number of rotatable bonds is 20. The van der Waals surface area contributed by atoms with E-state index >= 15 is 0 Å². The molecule has 0 fully saturated rings. The molecule has 0 aromatic heterocycles. The van der Waals surface area contributed by atoms with Gasteiger partial charge in [0.1, 0.15) is 5.78 Å². The molecule has 150 valence electrons. The molecule has 0 bridgehead atoms. The highest BCUT2D eigenvalue weighted by atomic mass is 16.1. The molecule has 0 aromatic carbocycles. The molecule has 1 unspecified atom stereocenters. The van der Waals surface area contributed by atoms with E-state index in [4.69, 9.17) is 0 Å². The van der Waals surface area contributed by atoms with Gasteiger partial charge in [0.2, 0.25) is 0 Å². The predicted octanol–water partition coefficient (Wildman–Crippen LogP) is 8.64. The van der Waals surface area contributed by atoms with Gasteiger partial charge in [0.15, 0.2) is 0 Å². The summed E-state index contributed by atoms with van der Waals surface area (Å²) in [5.41, 5.74) is 0. The van der Waals surface area contributed by atoms with Crippen LogP contribution in [0.5, 0.6) is 0 Å². The fourth-order valence-corrected chi connectivity index (χ4v) is 3.71. The molecule has 0 heterocycles. The number of carbonyl (C=O) groups excluding carboxylic acids is 1. The lowest BCUT2D eigenvalue weighted by Gasteiger charge is -2.13. The Bertz CT molecular complexity index is 271. The van der Waals surface area contributed by atoms with Gasteiger partial charge in [0.25, 0.3) is 0 Å². The lowest BCUT2D eigenvalue weighted by Crippen LogP contribution is -2.07. The lowest BCUT2D eigenvalue weighted by molar-refractivity contribution is -0.120. The number of unbranched alkanes of at least 4 members (excludes halogenated alkanes) is 13. The van der Waals surface area contributed by atoms with E-state index in [1.165, 1.54) is 103 Å². The third-order valence-electron chi connectivity index (χ3n) is 5.62. The smallest absolute Gasteiger partial charge is 0.133 e. The van der Waals surface area contributed by atoms with Gasteiger partial charge < -0.3 is 0 Å². The molecular weight excluding hydrogens is 304 g/mol. The second-order valence-corrected chi connectivity index (χ2v) is 8.15. The summed E-state index contributed by atoms with van der Waals surface area (Å²) in [6.07, 6.45) is 24.5. The fraction of sp³-hybridized carbons (Fsp3) is 0.958. The number of ketones is 1. The van der Waals surface area contributed by atoms with Gasteiger partial charge in [0, 0.05) is 12.8 Å². The SMILES string of the molecule is CCCCCCCCCCCCCCCC(=O)CC(CC)CCCC. The third kappa shape index (κ3) is 18.3. The first-order valence-corrected chi connectivity index (χ1v) is 11.8. The van der Waals surface area contributed by atoms with Crippen LogP contribution in [0.1, 0.15) is 143 Å². The van der Waals surface area contributed by atoms with Crippen LogP contribution in [0, 0.1) is 5.92 Å². The van der Waals surface area contributed by atoms with Crippen molar-refractivity contribution in [3.8, 4) is 0 Å². The summed E-state index contributed by atoms with van der Waals surface area (Å²) in [5, 5.41) is 0. The van der Waals surface area contributed by atoms with Crippen molar-refractivity contribution in [2.24, 2.45) is 5.92 Å². The first-order chi connectivity index (χ1) is 12.2. The van der Waals surface area contributed by atoms with Gasteiger partial charge >= 0.3 is 0 Å². The Morgan fingerprint density at radius 2 is 1.04 bits per heavy atom. The van der Waals surface area contributed by atoms with Crippen LogP contribution in [0.4, 0.5) is 0 Å². The topological polar surface area (TPSA) is 17.1 Å². The molecule has 1 atom stereocenters. The molecule has 25 heavy (non-hydrogen) atoms. The summed E-state index contributed by atoms with van der Waals surface area (Å²) in [5.74, 6) is 1.17. The van der Waals surface area contributed by atoms with E-state index in [9.17, 15) is 4.79 Å². The maximum atomic E-state index is 12.1. The number of carbonyl (C=O) groups is 1. The van der Waals surface area contributed by atoms with Gasteiger partial charge in [-0.2, -0.15) is 0 Å². The summed E-state index contributed by atoms with van der Waals surface area (Å²) >= 11 is 0. The van der Waals surface area contributed by atoms with Crippen LogP contribution in [0.2, 0.25) is 0 Å². The second-order valence-electron chi connectivity index (χ2n) is 8.15. The van der Waals surface area contributed by atoms with Gasteiger partial charge in [-0.15, -0.1) is 0 Å². The van der Waals surface area contributed by atoms with Gasteiger partial charge in [-0.1, -0.05) is 124 Å². The highest BCUT2D eigenvalue weighted by molar-refractivity contribution is 5.78. The molecule has 1 heteroatoms. The Hall–Kier alpha value is -0.330. The highest BCUT2D eigenvalue weighted by Gasteiger charge is 2.11. The van der Waals surface area contributed by atoms with Crippen molar-refractivity contribution in [1.29, 1.82) is 0 Å². The zero-order valence-electron chi connectivity index (χ0n) is 17.9. The third-order valence-corrected chi connectivity index (χ3v) is 5.62. The van der Waals surface area contributed by atoms with E-state index in [1.807, 2.05) is 0 Å². The molecule has 0 spiro atoms. The largest absolute Gasteiger partial charge is 0.300 e. The van der Waals surface area contributed by atoms with Gasteiger partial charge in [-0.3, -0.25) is 4.79 Å². The maximum absolute atomic E-state index is 12.1. The van der Waals surface area contributed by atoms with Crippen LogP contribution in [0.25, 0.3) is 0 Å². The van der Waals surface area contributed by atoms with Crippen molar-refractivity contribution in [2.75, 3.05) is 0 Å². The first-order valence-electron chi connectivity index (χ1n) is 11.8. The maximum Gasteiger partial charge on any atom is 0.133 e. The molecule has 1 nitrogen and oxygen atoms in total. The lowest BCUT2D eigenvalue weighted by atomic mass is 9.92. The Morgan fingerprint density at radius 1 is 0.600 bits per heavy atom. The molecule has 0 aliphatic rings. The van der Waals surface area contributed by atoms with Crippen molar-refractivity contribution < 1.29 is 4.79 Å². The van der Waals surface area contributed by atoms with E-state index in [0.717, 1.165) is 19.3 Å². The monoisotopic (exact) mass is 352 g/mol. The van der Waals surface area contributed by atoms with Crippen LogP contribution >= 0.6 is 0 Å². The fourth-order valence-electron chi connectivity index (χ4n) is 3.71. The second kappa shape index (κ2) is 20.0. The first kappa shape index (κ1) is 24.7. The molecular formula is C24H48O. The molecule has 0 aliphatic heterocycles. The molecule has 0 saturated heterocycles. The summed E-state index contributed by atoms with van der Waals surface area (Å²) in [6, 6.07) is 0. The van der Waals surface area contributed by atoms with E-state index in [-0.39, 0.29) is 0 Å². The Labute approximate surface area is 159 Å². The molecule has 0 rings (SSSR count). The van der Waals surface area contributed by atoms with Gasteiger partial charge in [-0.25, -0.2) is 0 Å². The quantitative estimate of drug-likeness (QED) is 0.200. The number of Topliss-reactive ketones (excluding diaryl/α,β-unsaturated/α-hetero) is 1. The molecule has 0 saturated carbocycles. The molecule has 0 amide bonds. The Kier molecular flexibility index (Phi) is 19.7. The van der Waals surface area contributed by atoms with Crippen molar-refractivity contribution in [1.82, 2.24) is 0 Å². The van der Waals surface area contributed by atoms with Crippen molar-refractivity contribution >= 4 is 5.78 Å². The zero-order valence-corrected chi connectivity index (χ0v) is 17.9.